The van der Waals surface area contributed by atoms with Crippen molar-refractivity contribution in [3.8, 4) is 17.2 Å². The van der Waals surface area contributed by atoms with Crippen molar-refractivity contribution in [2.75, 3.05) is 47.1 Å². The highest BCUT2D eigenvalue weighted by Crippen LogP contribution is 2.41. The Balaban J connectivity index is 0.00000400. The summed E-state index contributed by atoms with van der Waals surface area (Å²) in [7, 11) is 4.84. The van der Waals surface area contributed by atoms with Gasteiger partial charge in [-0.05, 0) is 47.1 Å². The molecule has 1 saturated heterocycles. The van der Waals surface area contributed by atoms with Gasteiger partial charge in [-0.3, -0.25) is 4.90 Å². The Bertz CT molecular complexity index is 1400. The minimum atomic E-state index is -0.569. The summed E-state index contributed by atoms with van der Waals surface area (Å²) in [5.41, 5.74) is 2.46. The number of esters is 1. The number of aromatic nitrogens is 1. The number of phenolic OH excluding ortho intramolecular Hbond substituents is 1. The predicted octanol–water partition coefficient (Wildman–Crippen LogP) is 3.88. The molecular formula is C26H30BrClN2O7S. The Labute approximate surface area is 239 Å². The number of phenols is 1. The molecule has 0 bridgehead atoms. The van der Waals surface area contributed by atoms with Crippen molar-refractivity contribution < 1.29 is 33.1 Å². The topological polar surface area (TPSA) is 99.5 Å². The van der Waals surface area contributed by atoms with Crippen LogP contribution in [0.5, 0.6) is 17.2 Å². The highest BCUT2D eigenvalue weighted by Gasteiger charge is 2.31. The monoisotopic (exact) mass is 628 g/mol. The van der Waals surface area contributed by atoms with Gasteiger partial charge in [-0.2, -0.15) is 0 Å². The molecule has 0 amide bonds. The molecule has 0 radical (unpaired) electrons. The fraction of sp³-hybridized carbons (Fsp3) is 0.385. The Kier molecular flexibility index (Phi) is 10.2. The predicted molar refractivity (Wildman–Crippen MR) is 152 cm³/mol. The second-order valence-corrected chi connectivity index (χ2v) is 9.88. The molecule has 9 nitrogen and oxygen atoms in total. The number of ether oxygens (including phenoxy) is 4. The lowest BCUT2D eigenvalue weighted by Gasteiger charge is -2.27. The van der Waals surface area contributed by atoms with Gasteiger partial charge in [-0.1, -0.05) is 0 Å². The van der Waals surface area contributed by atoms with E-state index in [4.69, 9.17) is 18.9 Å². The molecule has 38 heavy (non-hydrogen) atoms. The van der Waals surface area contributed by atoms with Crippen molar-refractivity contribution in [2.24, 2.45) is 7.05 Å². The van der Waals surface area contributed by atoms with Crippen molar-refractivity contribution in [3.05, 3.63) is 51.1 Å². The van der Waals surface area contributed by atoms with Gasteiger partial charge >= 0.3 is 5.97 Å². The smallest absolute Gasteiger partial charge is 0.341 e. The SMILES string of the molecule is CCOC(=O)c1c(C(=S=O)c2ccc(OC)c(OC)c2)n(C)c2cc(Br)c(O)c(CN3CCOCC3)c12.Cl. The quantitative estimate of drug-likeness (QED) is 0.228. The maximum atomic E-state index is 13.5. The zero-order valence-corrected chi connectivity index (χ0v) is 24.8. The van der Waals surface area contributed by atoms with Crippen molar-refractivity contribution in [1.82, 2.24) is 9.47 Å². The van der Waals surface area contributed by atoms with E-state index in [0.29, 0.717) is 81.4 Å². The van der Waals surface area contributed by atoms with Gasteiger partial charge in [0.05, 0.1) is 71.4 Å². The van der Waals surface area contributed by atoms with Crippen LogP contribution in [0, 0.1) is 0 Å². The van der Waals surface area contributed by atoms with Crippen molar-refractivity contribution in [2.45, 2.75) is 13.5 Å². The molecular weight excluding hydrogens is 600 g/mol. The number of benzene rings is 2. The number of nitrogens with zero attached hydrogens (tertiary/aromatic N) is 2. The maximum Gasteiger partial charge on any atom is 0.341 e. The Morgan fingerprint density at radius 3 is 2.45 bits per heavy atom. The molecule has 0 saturated carbocycles. The van der Waals surface area contributed by atoms with E-state index in [1.807, 2.05) is 0 Å². The van der Waals surface area contributed by atoms with E-state index in [-0.39, 0.29) is 41.6 Å². The number of hydrogen-bond donors (Lipinski definition) is 1. The van der Waals surface area contributed by atoms with Crippen LogP contribution < -0.4 is 9.47 Å². The van der Waals surface area contributed by atoms with Crippen LogP contribution in [-0.2, 0) is 34.3 Å². The lowest BCUT2D eigenvalue weighted by molar-refractivity contribution is 0.0340. The molecule has 12 heteroatoms. The summed E-state index contributed by atoms with van der Waals surface area (Å²) in [5, 5.41) is 11.7. The first-order valence-electron chi connectivity index (χ1n) is 11.8. The number of aromatic hydroxyl groups is 1. The largest absolute Gasteiger partial charge is 0.506 e. The van der Waals surface area contributed by atoms with E-state index < -0.39 is 5.97 Å². The molecule has 0 spiro atoms. The molecule has 2 aromatic carbocycles. The summed E-state index contributed by atoms with van der Waals surface area (Å²) in [6.07, 6.45) is 0. The number of carbonyl (C=O) groups excluding carboxylic acids is 1. The van der Waals surface area contributed by atoms with Gasteiger partial charge in [0, 0.05) is 43.2 Å². The minimum Gasteiger partial charge on any atom is -0.506 e. The van der Waals surface area contributed by atoms with Crippen molar-refractivity contribution >= 4 is 61.3 Å². The standard InChI is InChI=1S/C26H29BrN2O7S.ClH/c1-5-36-26(31)22-21-16(14-29-8-10-35-11-9-29)24(30)17(27)13-18(21)28(2)23(22)25(37-32)15-6-7-19(33-3)20(12-15)34-4;/h6-7,12-13,30H,5,8-11,14H2,1-4H3;1H. The number of methoxy groups -OCH3 is 2. The molecule has 206 valence electrons. The first kappa shape index (κ1) is 30.0. The molecule has 4 rings (SSSR count). The molecule has 1 aromatic heterocycles. The Hall–Kier alpha value is -2.57. The van der Waals surface area contributed by atoms with Gasteiger partial charge in [0.2, 0.25) is 0 Å². The second kappa shape index (κ2) is 13.0. The van der Waals surface area contributed by atoms with Gasteiger partial charge in [0.1, 0.15) is 5.75 Å². The number of carbonyl (C=O) groups is 1. The summed E-state index contributed by atoms with van der Waals surface area (Å²) in [6.45, 7) is 4.86. The minimum absolute atomic E-state index is 0. The van der Waals surface area contributed by atoms with E-state index in [9.17, 15) is 14.1 Å². The number of rotatable bonds is 8. The maximum absolute atomic E-state index is 13.5. The van der Waals surface area contributed by atoms with Crippen LogP contribution in [-0.4, -0.2) is 76.7 Å². The summed E-state index contributed by atoms with van der Waals surface area (Å²) in [6, 6.07) is 6.91. The third-order valence-corrected chi connectivity index (χ3v) is 7.63. The van der Waals surface area contributed by atoms with E-state index >= 15 is 0 Å². The Morgan fingerprint density at radius 2 is 1.84 bits per heavy atom. The van der Waals surface area contributed by atoms with Gasteiger partial charge in [0.25, 0.3) is 0 Å². The molecule has 0 aliphatic carbocycles. The lowest BCUT2D eigenvalue weighted by Crippen LogP contribution is -2.35. The number of halogens is 2. The third kappa shape index (κ3) is 5.57. The molecule has 0 unspecified atom stereocenters. The van der Waals surface area contributed by atoms with Gasteiger partial charge in [-0.15, -0.1) is 12.4 Å². The van der Waals surface area contributed by atoms with E-state index in [2.05, 4.69) is 20.8 Å². The van der Waals surface area contributed by atoms with Crippen molar-refractivity contribution in [3.63, 3.8) is 0 Å². The van der Waals surface area contributed by atoms with Crippen LogP contribution in [0.4, 0.5) is 0 Å². The van der Waals surface area contributed by atoms with Crippen LogP contribution >= 0.6 is 28.3 Å². The molecule has 1 N–H and O–H groups in total. The molecule has 2 heterocycles. The average molecular weight is 630 g/mol. The molecule has 3 aromatic rings. The van der Waals surface area contributed by atoms with E-state index in [1.165, 1.54) is 14.2 Å². The van der Waals surface area contributed by atoms with Crippen LogP contribution in [0.15, 0.2) is 28.7 Å². The number of morpholine rings is 1. The first-order chi connectivity index (χ1) is 17.9. The number of aryl methyl sites for hydroxylation is 1. The summed E-state index contributed by atoms with van der Waals surface area (Å²) >= 11 is 3.75. The lowest BCUT2D eigenvalue weighted by atomic mass is 10.00. The van der Waals surface area contributed by atoms with Gasteiger partial charge < -0.3 is 28.6 Å². The number of fused-ring (bicyclic) bond motifs is 1. The zero-order valence-electron chi connectivity index (χ0n) is 21.5. The average Bonchev–Trinajstić information content (AvgIpc) is 3.19. The Morgan fingerprint density at radius 1 is 1.16 bits per heavy atom. The second-order valence-electron chi connectivity index (χ2n) is 8.45. The molecule has 1 aliphatic rings. The first-order valence-corrected chi connectivity index (χ1v) is 13.3. The summed E-state index contributed by atoms with van der Waals surface area (Å²) in [5.74, 6) is 0.450. The van der Waals surface area contributed by atoms with Crippen LogP contribution in [0.2, 0.25) is 0 Å². The normalized spacial score (nSPS) is 13.6. The highest BCUT2D eigenvalue weighted by molar-refractivity contribution is 9.10. The van der Waals surface area contributed by atoms with Gasteiger partial charge in [-0.25, -0.2) is 9.00 Å². The summed E-state index contributed by atoms with van der Waals surface area (Å²) < 4.78 is 36.7. The van der Waals surface area contributed by atoms with E-state index in [1.54, 1.807) is 42.8 Å². The fourth-order valence-electron chi connectivity index (χ4n) is 4.63. The van der Waals surface area contributed by atoms with Crippen LogP contribution in [0.1, 0.15) is 34.1 Å². The third-order valence-electron chi connectivity index (χ3n) is 6.43. The molecule has 0 atom stereocenters. The fourth-order valence-corrected chi connectivity index (χ4v) is 5.63. The van der Waals surface area contributed by atoms with Crippen molar-refractivity contribution in [1.29, 1.82) is 0 Å². The van der Waals surface area contributed by atoms with Crippen LogP contribution in [0.25, 0.3) is 10.9 Å². The van der Waals surface area contributed by atoms with E-state index in [0.717, 1.165) is 0 Å². The van der Waals surface area contributed by atoms with Gasteiger partial charge in [0.15, 0.2) is 11.5 Å². The summed E-state index contributed by atoms with van der Waals surface area (Å²) in [4.78, 5) is 16.0. The highest BCUT2D eigenvalue weighted by atomic mass is 79.9. The van der Waals surface area contributed by atoms with Crippen LogP contribution in [0.3, 0.4) is 0 Å². The molecule has 1 aliphatic heterocycles. The molecule has 1 fully saturated rings. The number of hydrogen-bond acceptors (Lipinski definition) is 8. The zero-order chi connectivity index (χ0) is 26.7.